The largest absolute Gasteiger partial charge is 0.328 e. The second-order valence-electron chi connectivity index (χ2n) is 19.1. The molecular formula is C55H55N. The standard InChI is InChI=1S/C55H55N/c1-34-28-38-30-37(4)55(43(29-34)31-38)47-15-11-10-14-45(47)46-32-41(18-22-48(46)55)40-16-20-44(21-17-40)56-50-23-19-42(39-12-8-7-9-13-39)33-49(50)53(5)26-24-35(2)51-36(3)25-27-54(56,6)52(51)53/h7-27,32-38,43H,28-31H2,1-6H3. The molecule has 1 heteroatoms. The molecule has 2 saturated carbocycles. The van der Waals surface area contributed by atoms with E-state index in [9.17, 15) is 0 Å². The van der Waals surface area contributed by atoms with Crippen LogP contribution in [-0.4, -0.2) is 5.54 Å². The van der Waals surface area contributed by atoms with Gasteiger partial charge in [-0.3, -0.25) is 0 Å². The molecular weight excluding hydrogens is 675 g/mol. The van der Waals surface area contributed by atoms with E-state index in [1.165, 1.54) is 76.0 Å². The summed E-state index contributed by atoms with van der Waals surface area (Å²) in [4.78, 5) is 2.65. The van der Waals surface area contributed by atoms with Crippen LogP contribution in [0.2, 0.25) is 0 Å². The Bertz CT molecular complexity index is 2490. The molecule has 1 spiro atoms. The molecule has 11 rings (SSSR count). The molecule has 0 aromatic heterocycles. The van der Waals surface area contributed by atoms with E-state index in [0.29, 0.717) is 17.8 Å². The summed E-state index contributed by atoms with van der Waals surface area (Å²) in [6.07, 6.45) is 15.5. The molecule has 9 atom stereocenters. The Morgan fingerprint density at radius 2 is 1.21 bits per heavy atom. The average Bonchev–Trinajstić information content (AvgIpc) is 3.50. The van der Waals surface area contributed by atoms with Crippen molar-refractivity contribution in [2.45, 2.75) is 83.6 Å². The van der Waals surface area contributed by atoms with Gasteiger partial charge in [0.25, 0.3) is 0 Å². The van der Waals surface area contributed by atoms with Crippen molar-refractivity contribution in [1.29, 1.82) is 0 Å². The lowest BCUT2D eigenvalue weighted by Crippen LogP contribution is -2.56. The zero-order chi connectivity index (χ0) is 38.1. The number of rotatable bonds is 3. The van der Waals surface area contributed by atoms with Crippen LogP contribution in [-0.2, 0) is 10.8 Å². The van der Waals surface area contributed by atoms with Gasteiger partial charge in [0.15, 0.2) is 0 Å². The molecule has 5 aliphatic carbocycles. The Kier molecular flexibility index (Phi) is 7.41. The highest BCUT2D eigenvalue weighted by Gasteiger charge is 2.57. The Balaban J connectivity index is 1.03. The van der Waals surface area contributed by atoms with Gasteiger partial charge in [-0.25, -0.2) is 0 Å². The first-order valence-corrected chi connectivity index (χ1v) is 21.6. The third-order valence-corrected chi connectivity index (χ3v) is 15.8. The molecule has 5 aromatic rings. The average molecular weight is 730 g/mol. The number of nitrogens with zero attached hydrogens (tertiary/aromatic N) is 1. The van der Waals surface area contributed by atoms with Gasteiger partial charge >= 0.3 is 0 Å². The molecule has 6 aliphatic rings. The molecule has 0 N–H and O–H groups in total. The molecule has 5 aromatic carbocycles. The van der Waals surface area contributed by atoms with Crippen LogP contribution in [0.5, 0.6) is 0 Å². The van der Waals surface area contributed by atoms with Crippen molar-refractivity contribution in [3.8, 4) is 33.4 Å². The Morgan fingerprint density at radius 1 is 0.554 bits per heavy atom. The highest BCUT2D eigenvalue weighted by molar-refractivity contribution is 5.87. The van der Waals surface area contributed by atoms with E-state index in [-0.39, 0.29) is 16.4 Å². The minimum atomic E-state index is -0.295. The number of hydrogen-bond acceptors (Lipinski definition) is 1. The summed E-state index contributed by atoms with van der Waals surface area (Å²) in [5, 5.41) is 0. The Labute approximate surface area is 334 Å². The molecule has 1 aliphatic heterocycles. The highest BCUT2D eigenvalue weighted by atomic mass is 15.2. The van der Waals surface area contributed by atoms with Gasteiger partial charge in [-0.2, -0.15) is 0 Å². The monoisotopic (exact) mass is 729 g/mol. The number of fused-ring (bicyclic) bond motifs is 10. The van der Waals surface area contributed by atoms with Crippen molar-refractivity contribution >= 4 is 11.4 Å². The van der Waals surface area contributed by atoms with Gasteiger partial charge in [0.2, 0.25) is 0 Å². The molecule has 280 valence electrons. The second-order valence-corrected chi connectivity index (χ2v) is 19.1. The summed E-state index contributed by atoms with van der Waals surface area (Å²) in [7, 11) is 0. The second kappa shape index (κ2) is 12.1. The third-order valence-electron chi connectivity index (χ3n) is 15.8. The topological polar surface area (TPSA) is 3.24 Å². The predicted octanol–water partition coefficient (Wildman–Crippen LogP) is 14.3. The van der Waals surface area contributed by atoms with Crippen molar-refractivity contribution < 1.29 is 0 Å². The van der Waals surface area contributed by atoms with Crippen LogP contribution in [0.15, 0.2) is 151 Å². The van der Waals surface area contributed by atoms with Crippen LogP contribution in [0, 0.1) is 35.5 Å². The fraction of sp³-hybridized carbons (Fsp3) is 0.345. The Morgan fingerprint density at radius 3 is 2.02 bits per heavy atom. The third kappa shape index (κ3) is 4.55. The lowest BCUT2D eigenvalue weighted by atomic mass is 9.49. The minimum absolute atomic E-state index is 0.135. The predicted molar refractivity (Wildman–Crippen MR) is 235 cm³/mol. The van der Waals surface area contributed by atoms with E-state index in [1.54, 1.807) is 22.3 Å². The Hall–Kier alpha value is -4.88. The fourth-order valence-corrected chi connectivity index (χ4v) is 13.8. The van der Waals surface area contributed by atoms with Crippen LogP contribution in [0.3, 0.4) is 0 Å². The van der Waals surface area contributed by atoms with Crippen molar-refractivity contribution in [2.24, 2.45) is 35.5 Å². The van der Waals surface area contributed by atoms with Crippen LogP contribution in [0.25, 0.3) is 33.4 Å². The zero-order valence-electron chi connectivity index (χ0n) is 34.0. The van der Waals surface area contributed by atoms with Crippen LogP contribution >= 0.6 is 0 Å². The van der Waals surface area contributed by atoms with E-state index in [1.807, 2.05) is 0 Å². The summed E-state index contributed by atoms with van der Waals surface area (Å²) < 4.78 is 0. The van der Waals surface area contributed by atoms with Crippen LogP contribution < -0.4 is 4.90 Å². The summed E-state index contributed by atoms with van der Waals surface area (Å²) >= 11 is 0. The molecule has 9 unspecified atom stereocenters. The summed E-state index contributed by atoms with van der Waals surface area (Å²) in [6, 6.07) is 44.6. The van der Waals surface area contributed by atoms with Crippen molar-refractivity contribution in [1.82, 2.24) is 0 Å². The smallest absolute Gasteiger partial charge is 0.0833 e. The maximum absolute atomic E-state index is 2.65. The molecule has 2 bridgehead atoms. The van der Waals surface area contributed by atoms with Gasteiger partial charge < -0.3 is 4.90 Å². The van der Waals surface area contributed by atoms with Gasteiger partial charge in [0.1, 0.15) is 0 Å². The normalized spacial score (nSPS) is 33.2. The first-order valence-electron chi connectivity index (χ1n) is 21.6. The highest BCUT2D eigenvalue weighted by Crippen LogP contribution is 2.65. The lowest BCUT2D eigenvalue weighted by molar-refractivity contribution is 0.0426. The van der Waals surface area contributed by atoms with Gasteiger partial charge in [0, 0.05) is 22.2 Å². The number of hydrogen-bond donors (Lipinski definition) is 0. The molecule has 56 heavy (non-hydrogen) atoms. The molecule has 2 fully saturated rings. The zero-order valence-corrected chi connectivity index (χ0v) is 34.0. The van der Waals surface area contributed by atoms with E-state index in [2.05, 4.69) is 186 Å². The van der Waals surface area contributed by atoms with Crippen molar-refractivity contribution in [2.75, 3.05) is 4.90 Å². The molecule has 0 amide bonds. The maximum atomic E-state index is 2.65. The van der Waals surface area contributed by atoms with Gasteiger partial charge in [0.05, 0.1) is 5.54 Å². The van der Waals surface area contributed by atoms with Gasteiger partial charge in [-0.1, -0.05) is 143 Å². The van der Waals surface area contributed by atoms with Crippen LogP contribution in [0.1, 0.15) is 83.9 Å². The summed E-state index contributed by atoms with van der Waals surface area (Å²) in [5.74, 6) is 3.90. The molecule has 0 radical (unpaired) electrons. The van der Waals surface area contributed by atoms with Gasteiger partial charge in [-0.15, -0.1) is 0 Å². The molecule has 1 heterocycles. The maximum Gasteiger partial charge on any atom is 0.0833 e. The van der Waals surface area contributed by atoms with Crippen molar-refractivity contribution in [3.05, 3.63) is 167 Å². The summed E-state index contributed by atoms with van der Waals surface area (Å²) in [5.41, 5.74) is 18.0. The fourth-order valence-electron chi connectivity index (χ4n) is 13.8. The van der Waals surface area contributed by atoms with E-state index in [0.717, 1.165) is 17.8 Å². The van der Waals surface area contributed by atoms with E-state index in [4.69, 9.17) is 0 Å². The molecule has 1 nitrogen and oxygen atoms in total. The number of benzene rings is 5. The first kappa shape index (κ1) is 34.4. The van der Waals surface area contributed by atoms with E-state index >= 15 is 0 Å². The number of allylic oxidation sites excluding steroid dienone is 4. The summed E-state index contributed by atoms with van der Waals surface area (Å²) in [6.45, 7) is 14.8. The minimum Gasteiger partial charge on any atom is -0.328 e. The lowest BCUT2D eigenvalue weighted by Gasteiger charge is -2.58. The SMILES string of the molecule is CC1CC2CC(C)C3(c4ccccc4-c4cc(-c5ccc(N6c7ccc(-c8ccccc8)cc7C7(C)C=CC(C)C8=C7C6(C)C=CC8C)cc5)ccc43)C(C1)C2. The van der Waals surface area contributed by atoms with Crippen LogP contribution in [0.4, 0.5) is 11.4 Å². The van der Waals surface area contributed by atoms with Crippen molar-refractivity contribution in [3.63, 3.8) is 0 Å². The molecule has 0 saturated heterocycles. The number of anilines is 2. The van der Waals surface area contributed by atoms with Gasteiger partial charge in [-0.05, 0) is 161 Å². The first-order chi connectivity index (χ1) is 27.1. The van der Waals surface area contributed by atoms with E-state index < -0.39 is 0 Å². The quantitative estimate of drug-likeness (QED) is 0.167.